The standard InChI is InChI=1S/C17H20N4O3/c1-11-9-12(6-7-18-11)4-5-13-3-2-8-21(13)16(23)14-10-19-17(24)20-15(14)22/h6-7,9-10,13H,2-5,8H2,1H3,(H2,19,20,22,24). The first-order valence-electron chi connectivity index (χ1n) is 8.09. The van der Waals surface area contributed by atoms with Gasteiger partial charge in [-0.2, -0.15) is 0 Å². The van der Waals surface area contributed by atoms with Gasteiger partial charge < -0.3 is 9.88 Å². The van der Waals surface area contributed by atoms with Crippen LogP contribution in [0.15, 0.2) is 34.1 Å². The van der Waals surface area contributed by atoms with E-state index < -0.39 is 11.2 Å². The lowest BCUT2D eigenvalue weighted by atomic mass is 10.0. The number of likely N-dealkylation sites (tertiary alicyclic amines) is 1. The number of pyridine rings is 1. The Bertz CT molecular complexity index is 855. The van der Waals surface area contributed by atoms with Gasteiger partial charge in [-0.15, -0.1) is 0 Å². The molecule has 7 heteroatoms. The van der Waals surface area contributed by atoms with Crippen molar-refractivity contribution in [2.75, 3.05) is 6.54 Å². The molecule has 0 radical (unpaired) electrons. The highest BCUT2D eigenvalue weighted by Gasteiger charge is 2.30. The summed E-state index contributed by atoms with van der Waals surface area (Å²) in [5, 5.41) is 0. The number of nitrogens with zero attached hydrogens (tertiary/aromatic N) is 2. The van der Waals surface area contributed by atoms with Gasteiger partial charge in [0, 0.05) is 30.7 Å². The predicted octanol–water partition coefficient (Wildman–Crippen LogP) is 1.00. The largest absolute Gasteiger partial charge is 0.335 e. The fourth-order valence-electron chi connectivity index (χ4n) is 3.22. The third-order valence-electron chi connectivity index (χ3n) is 4.41. The highest BCUT2D eigenvalue weighted by Crippen LogP contribution is 2.23. The van der Waals surface area contributed by atoms with E-state index in [0.717, 1.165) is 31.4 Å². The van der Waals surface area contributed by atoms with Crippen LogP contribution in [0.3, 0.4) is 0 Å². The van der Waals surface area contributed by atoms with Crippen LogP contribution >= 0.6 is 0 Å². The molecule has 1 aliphatic heterocycles. The van der Waals surface area contributed by atoms with Gasteiger partial charge in [0.2, 0.25) is 0 Å². The number of aromatic amines is 2. The lowest BCUT2D eigenvalue weighted by molar-refractivity contribution is 0.0728. The molecule has 0 aromatic carbocycles. The molecule has 0 aliphatic carbocycles. The van der Waals surface area contributed by atoms with Crippen molar-refractivity contribution < 1.29 is 4.79 Å². The second-order valence-electron chi connectivity index (χ2n) is 6.12. The van der Waals surface area contributed by atoms with Crippen molar-refractivity contribution in [3.05, 3.63) is 62.2 Å². The normalized spacial score (nSPS) is 17.2. The monoisotopic (exact) mass is 328 g/mol. The quantitative estimate of drug-likeness (QED) is 0.875. The molecule has 1 amide bonds. The van der Waals surface area contributed by atoms with Crippen molar-refractivity contribution in [3.63, 3.8) is 0 Å². The Morgan fingerprint density at radius 2 is 2.25 bits per heavy atom. The van der Waals surface area contributed by atoms with Crippen LogP contribution in [0.1, 0.15) is 40.9 Å². The smallest absolute Gasteiger partial charge is 0.325 e. The summed E-state index contributed by atoms with van der Waals surface area (Å²) in [7, 11) is 0. The Morgan fingerprint density at radius 3 is 3.00 bits per heavy atom. The Kier molecular flexibility index (Phi) is 4.59. The minimum Gasteiger partial charge on any atom is -0.335 e. The van der Waals surface area contributed by atoms with Crippen LogP contribution in [0.25, 0.3) is 0 Å². The third kappa shape index (κ3) is 3.45. The van der Waals surface area contributed by atoms with Crippen LogP contribution < -0.4 is 11.2 Å². The Balaban J connectivity index is 1.72. The average Bonchev–Trinajstić information content (AvgIpc) is 3.01. The number of amides is 1. The van der Waals surface area contributed by atoms with E-state index in [0.29, 0.717) is 6.54 Å². The second-order valence-corrected chi connectivity index (χ2v) is 6.12. The van der Waals surface area contributed by atoms with Gasteiger partial charge in [-0.3, -0.25) is 19.6 Å². The van der Waals surface area contributed by atoms with Crippen LogP contribution in [0.5, 0.6) is 0 Å². The average molecular weight is 328 g/mol. The molecule has 24 heavy (non-hydrogen) atoms. The van der Waals surface area contributed by atoms with E-state index in [4.69, 9.17) is 0 Å². The van der Waals surface area contributed by atoms with Gasteiger partial charge in [-0.1, -0.05) is 0 Å². The lowest BCUT2D eigenvalue weighted by Crippen LogP contribution is -2.40. The molecule has 0 saturated carbocycles. The third-order valence-corrected chi connectivity index (χ3v) is 4.41. The van der Waals surface area contributed by atoms with Gasteiger partial charge in [0.15, 0.2) is 0 Å². The molecular weight excluding hydrogens is 308 g/mol. The zero-order valence-corrected chi connectivity index (χ0v) is 13.5. The maximum atomic E-state index is 12.6. The summed E-state index contributed by atoms with van der Waals surface area (Å²) in [4.78, 5) is 46.0. The lowest BCUT2D eigenvalue weighted by Gasteiger charge is -2.24. The van der Waals surface area contributed by atoms with Crippen molar-refractivity contribution in [2.24, 2.45) is 0 Å². The molecule has 126 valence electrons. The molecular formula is C17H20N4O3. The molecule has 1 atom stereocenters. The topological polar surface area (TPSA) is 98.9 Å². The maximum absolute atomic E-state index is 12.6. The van der Waals surface area contributed by atoms with Crippen LogP contribution in [0.4, 0.5) is 0 Å². The minimum absolute atomic E-state index is 0.0127. The molecule has 1 unspecified atom stereocenters. The first-order valence-corrected chi connectivity index (χ1v) is 8.09. The number of aromatic nitrogens is 3. The summed E-state index contributed by atoms with van der Waals surface area (Å²) in [6.07, 6.45) is 6.55. The van der Waals surface area contributed by atoms with E-state index >= 15 is 0 Å². The molecule has 3 heterocycles. The summed E-state index contributed by atoms with van der Waals surface area (Å²) >= 11 is 0. The number of rotatable bonds is 4. The van der Waals surface area contributed by atoms with Gasteiger partial charge in [0.25, 0.3) is 11.5 Å². The van der Waals surface area contributed by atoms with Crippen molar-refractivity contribution in [2.45, 2.75) is 38.6 Å². The van der Waals surface area contributed by atoms with Crippen molar-refractivity contribution in [1.29, 1.82) is 0 Å². The summed E-state index contributed by atoms with van der Waals surface area (Å²) in [5.41, 5.74) is 0.915. The summed E-state index contributed by atoms with van der Waals surface area (Å²) in [5.74, 6) is -0.319. The molecule has 7 nitrogen and oxygen atoms in total. The number of hydrogen-bond acceptors (Lipinski definition) is 4. The fourth-order valence-corrected chi connectivity index (χ4v) is 3.22. The molecule has 2 aromatic rings. The zero-order valence-electron chi connectivity index (χ0n) is 13.5. The van der Waals surface area contributed by atoms with Crippen molar-refractivity contribution >= 4 is 5.91 Å². The molecule has 1 fully saturated rings. The van der Waals surface area contributed by atoms with E-state index in [-0.39, 0.29) is 17.5 Å². The van der Waals surface area contributed by atoms with Crippen molar-refractivity contribution in [1.82, 2.24) is 19.9 Å². The van der Waals surface area contributed by atoms with Gasteiger partial charge in [0.1, 0.15) is 5.56 Å². The minimum atomic E-state index is -0.640. The number of carbonyl (C=O) groups is 1. The highest BCUT2D eigenvalue weighted by atomic mass is 16.2. The van der Waals surface area contributed by atoms with E-state index in [1.165, 1.54) is 11.8 Å². The van der Waals surface area contributed by atoms with Gasteiger partial charge in [-0.05, 0) is 50.3 Å². The number of aryl methyl sites for hydroxylation is 2. The predicted molar refractivity (Wildman–Crippen MR) is 89.0 cm³/mol. The van der Waals surface area contributed by atoms with E-state index in [1.54, 1.807) is 11.1 Å². The number of H-pyrrole nitrogens is 2. The molecule has 1 aliphatic rings. The molecule has 0 spiro atoms. The molecule has 1 saturated heterocycles. The Hall–Kier alpha value is -2.70. The molecule has 3 rings (SSSR count). The Labute approximate surface area is 138 Å². The number of carbonyl (C=O) groups excluding carboxylic acids is 1. The fraction of sp³-hybridized carbons (Fsp3) is 0.412. The van der Waals surface area contributed by atoms with Crippen molar-refractivity contribution in [3.8, 4) is 0 Å². The molecule has 2 N–H and O–H groups in total. The van der Waals surface area contributed by atoms with Gasteiger partial charge >= 0.3 is 5.69 Å². The van der Waals surface area contributed by atoms with Crippen LogP contribution in [-0.4, -0.2) is 38.3 Å². The van der Waals surface area contributed by atoms with Gasteiger partial charge in [-0.25, -0.2) is 4.79 Å². The second kappa shape index (κ2) is 6.82. The summed E-state index contributed by atoms with van der Waals surface area (Å²) < 4.78 is 0. The highest BCUT2D eigenvalue weighted by molar-refractivity contribution is 5.93. The first kappa shape index (κ1) is 16.2. The summed E-state index contributed by atoms with van der Waals surface area (Å²) in [6, 6.07) is 4.14. The zero-order chi connectivity index (χ0) is 17.1. The Morgan fingerprint density at radius 1 is 1.42 bits per heavy atom. The molecule has 0 bridgehead atoms. The van der Waals surface area contributed by atoms with E-state index in [2.05, 4.69) is 15.0 Å². The number of nitrogens with one attached hydrogen (secondary N) is 2. The van der Waals surface area contributed by atoms with Crippen LogP contribution in [0.2, 0.25) is 0 Å². The number of hydrogen-bond donors (Lipinski definition) is 2. The summed E-state index contributed by atoms with van der Waals surface area (Å²) in [6.45, 7) is 2.59. The van der Waals surface area contributed by atoms with E-state index in [1.807, 2.05) is 19.1 Å². The molecule has 2 aromatic heterocycles. The van der Waals surface area contributed by atoms with Gasteiger partial charge in [0.05, 0.1) is 0 Å². The SMILES string of the molecule is Cc1cc(CCC2CCCN2C(=O)c2c[nH]c(=O)[nH]c2=O)ccn1. The maximum Gasteiger partial charge on any atom is 0.325 e. The van der Waals surface area contributed by atoms with Crippen LogP contribution in [-0.2, 0) is 6.42 Å². The van der Waals surface area contributed by atoms with Crippen LogP contribution in [0, 0.1) is 6.92 Å². The first-order chi connectivity index (χ1) is 11.5. The van der Waals surface area contributed by atoms with E-state index in [9.17, 15) is 14.4 Å².